The molecule has 1 aromatic rings. The minimum atomic E-state index is -0.0937. The van der Waals surface area contributed by atoms with Crippen molar-refractivity contribution in [2.75, 3.05) is 5.73 Å². The molecule has 0 radical (unpaired) electrons. The number of carbonyl (C=O) groups excluding carboxylic acids is 1. The van der Waals surface area contributed by atoms with Gasteiger partial charge in [0.25, 0.3) is 5.91 Å². The van der Waals surface area contributed by atoms with E-state index in [2.05, 4.69) is 17.3 Å². The number of amides is 1. The van der Waals surface area contributed by atoms with Gasteiger partial charge in [-0.3, -0.25) is 9.48 Å². The van der Waals surface area contributed by atoms with Crippen molar-refractivity contribution in [3.8, 4) is 0 Å². The quantitative estimate of drug-likeness (QED) is 0.853. The third-order valence-electron chi connectivity index (χ3n) is 4.08. The van der Waals surface area contributed by atoms with E-state index in [1.807, 2.05) is 6.92 Å². The third kappa shape index (κ3) is 1.98. The maximum Gasteiger partial charge on any atom is 0.272 e. The van der Waals surface area contributed by atoms with Gasteiger partial charge in [0, 0.05) is 12.6 Å². The van der Waals surface area contributed by atoms with Crippen molar-refractivity contribution in [2.45, 2.75) is 51.5 Å². The molecule has 1 aliphatic carbocycles. The number of nitrogen functional groups attached to an aromatic ring is 1. The number of aromatic nitrogens is 2. The first kappa shape index (κ1) is 12.9. The van der Waals surface area contributed by atoms with Gasteiger partial charge >= 0.3 is 0 Å². The fourth-order valence-electron chi connectivity index (χ4n) is 2.60. The SMILES string of the molecule is CCc1nn(C)c(C(=O)NC2(CC)CCC2)c1N. The van der Waals surface area contributed by atoms with Crippen LogP contribution in [0.15, 0.2) is 0 Å². The molecule has 0 aliphatic heterocycles. The zero-order valence-corrected chi connectivity index (χ0v) is 11.4. The number of anilines is 1. The molecule has 1 aromatic heterocycles. The van der Waals surface area contributed by atoms with E-state index in [-0.39, 0.29) is 11.4 Å². The van der Waals surface area contributed by atoms with E-state index in [9.17, 15) is 4.79 Å². The Kier molecular flexibility index (Phi) is 3.32. The van der Waals surface area contributed by atoms with Crippen LogP contribution in [-0.2, 0) is 13.5 Å². The van der Waals surface area contributed by atoms with Gasteiger partial charge in [0.2, 0.25) is 0 Å². The van der Waals surface area contributed by atoms with Crippen LogP contribution in [0.1, 0.15) is 55.7 Å². The third-order valence-corrected chi connectivity index (χ3v) is 4.08. The highest BCUT2D eigenvalue weighted by molar-refractivity contribution is 5.98. The van der Waals surface area contributed by atoms with Crippen LogP contribution in [0.4, 0.5) is 5.69 Å². The zero-order chi connectivity index (χ0) is 13.3. The van der Waals surface area contributed by atoms with E-state index in [0.29, 0.717) is 11.4 Å². The van der Waals surface area contributed by atoms with Crippen molar-refractivity contribution < 1.29 is 4.79 Å². The van der Waals surface area contributed by atoms with Crippen LogP contribution in [0.25, 0.3) is 0 Å². The molecular weight excluding hydrogens is 228 g/mol. The van der Waals surface area contributed by atoms with Crippen LogP contribution in [0, 0.1) is 0 Å². The zero-order valence-electron chi connectivity index (χ0n) is 11.4. The van der Waals surface area contributed by atoms with E-state index in [1.165, 1.54) is 6.42 Å². The first-order valence-corrected chi connectivity index (χ1v) is 6.67. The van der Waals surface area contributed by atoms with Crippen molar-refractivity contribution in [2.24, 2.45) is 7.05 Å². The highest BCUT2D eigenvalue weighted by atomic mass is 16.2. The molecule has 100 valence electrons. The van der Waals surface area contributed by atoms with Gasteiger partial charge in [0.05, 0.1) is 11.4 Å². The van der Waals surface area contributed by atoms with Crippen LogP contribution in [0.3, 0.4) is 0 Å². The molecule has 18 heavy (non-hydrogen) atoms. The molecule has 1 heterocycles. The van der Waals surface area contributed by atoms with Crippen molar-refractivity contribution in [3.05, 3.63) is 11.4 Å². The normalized spacial score (nSPS) is 17.3. The number of nitrogens with zero attached hydrogens (tertiary/aromatic N) is 2. The van der Waals surface area contributed by atoms with Gasteiger partial charge in [-0.25, -0.2) is 0 Å². The lowest BCUT2D eigenvalue weighted by Gasteiger charge is -2.41. The Morgan fingerprint density at radius 1 is 1.50 bits per heavy atom. The Hall–Kier alpha value is -1.52. The minimum Gasteiger partial charge on any atom is -0.395 e. The predicted molar refractivity (Wildman–Crippen MR) is 71.3 cm³/mol. The average molecular weight is 250 g/mol. The van der Waals surface area contributed by atoms with Crippen molar-refractivity contribution >= 4 is 11.6 Å². The van der Waals surface area contributed by atoms with Gasteiger partial charge in [-0.15, -0.1) is 0 Å². The number of hydrogen-bond donors (Lipinski definition) is 2. The summed E-state index contributed by atoms with van der Waals surface area (Å²) in [5.74, 6) is -0.0937. The van der Waals surface area contributed by atoms with E-state index < -0.39 is 0 Å². The van der Waals surface area contributed by atoms with Crippen molar-refractivity contribution in [3.63, 3.8) is 0 Å². The van der Waals surface area contributed by atoms with Crippen LogP contribution >= 0.6 is 0 Å². The average Bonchev–Trinajstić information content (AvgIpc) is 2.58. The molecule has 2 rings (SSSR count). The standard InChI is InChI=1S/C13H22N4O/c1-4-9-10(14)11(17(3)16-9)12(18)15-13(5-2)7-6-8-13/h4-8,14H2,1-3H3,(H,15,18). The van der Waals surface area contributed by atoms with Crippen LogP contribution in [-0.4, -0.2) is 21.2 Å². The minimum absolute atomic E-state index is 0.0137. The number of aryl methyl sites for hydroxylation is 2. The lowest BCUT2D eigenvalue weighted by Crippen LogP contribution is -2.53. The van der Waals surface area contributed by atoms with Gasteiger partial charge in [0.1, 0.15) is 5.69 Å². The molecule has 0 aromatic carbocycles. The molecule has 1 saturated carbocycles. The van der Waals surface area contributed by atoms with Gasteiger partial charge in [-0.05, 0) is 32.1 Å². The lowest BCUT2D eigenvalue weighted by atomic mass is 9.75. The molecule has 0 unspecified atom stereocenters. The Morgan fingerprint density at radius 2 is 2.17 bits per heavy atom. The number of nitrogens with one attached hydrogen (secondary N) is 1. The second-order valence-corrected chi connectivity index (χ2v) is 5.13. The predicted octanol–water partition coefficient (Wildman–Crippen LogP) is 1.63. The summed E-state index contributed by atoms with van der Waals surface area (Å²) >= 11 is 0. The van der Waals surface area contributed by atoms with E-state index in [1.54, 1.807) is 11.7 Å². The number of carbonyl (C=O) groups is 1. The summed E-state index contributed by atoms with van der Waals surface area (Å²) in [6, 6.07) is 0. The first-order valence-electron chi connectivity index (χ1n) is 6.67. The molecule has 0 bridgehead atoms. The second kappa shape index (κ2) is 4.63. The summed E-state index contributed by atoms with van der Waals surface area (Å²) in [4.78, 5) is 12.3. The van der Waals surface area contributed by atoms with Crippen LogP contribution < -0.4 is 11.1 Å². The Morgan fingerprint density at radius 3 is 2.56 bits per heavy atom. The monoisotopic (exact) mass is 250 g/mol. The Labute approximate surface area is 108 Å². The number of rotatable bonds is 4. The molecule has 5 nitrogen and oxygen atoms in total. The lowest BCUT2D eigenvalue weighted by molar-refractivity contribution is 0.0811. The van der Waals surface area contributed by atoms with E-state index in [0.717, 1.165) is 31.4 Å². The van der Waals surface area contributed by atoms with Crippen molar-refractivity contribution in [1.82, 2.24) is 15.1 Å². The molecule has 5 heteroatoms. The van der Waals surface area contributed by atoms with Gasteiger partial charge < -0.3 is 11.1 Å². The molecule has 3 N–H and O–H groups in total. The Bertz CT molecular complexity index is 454. The smallest absolute Gasteiger partial charge is 0.272 e. The fourth-order valence-corrected chi connectivity index (χ4v) is 2.60. The molecule has 0 atom stereocenters. The van der Waals surface area contributed by atoms with Crippen LogP contribution in [0.5, 0.6) is 0 Å². The van der Waals surface area contributed by atoms with Crippen LogP contribution in [0.2, 0.25) is 0 Å². The summed E-state index contributed by atoms with van der Waals surface area (Å²) in [5.41, 5.74) is 7.78. The molecule has 0 spiro atoms. The topological polar surface area (TPSA) is 72.9 Å². The molecule has 1 fully saturated rings. The largest absolute Gasteiger partial charge is 0.395 e. The molecule has 1 aliphatic rings. The van der Waals surface area contributed by atoms with E-state index >= 15 is 0 Å². The van der Waals surface area contributed by atoms with Gasteiger partial charge in [0.15, 0.2) is 0 Å². The number of nitrogens with two attached hydrogens (primary N) is 1. The molecular formula is C13H22N4O. The Balaban J connectivity index is 2.21. The van der Waals surface area contributed by atoms with Gasteiger partial charge in [-0.2, -0.15) is 5.10 Å². The first-order chi connectivity index (χ1) is 8.53. The van der Waals surface area contributed by atoms with Gasteiger partial charge in [-0.1, -0.05) is 13.8 Å². The summed E-state index contributed by atoms with van der Waals surface area (Å²) < 4.78 is 1.59. The molecule has 1 amide bonds. The van der Waals surface area contributed by atoms with Crippen molar-refractivity contribution in [1.29, 1.82) is 0 Å². The summed E-state index contributed by atoms with van der Waals surface area (Å²) in [6.45, 7) is 4.10. The van der Waals surface area contributed by atoms with E-state index in [4.69, 9.17) is 5.73 Å². The second-order valence-electron chi connectivity index (χ2n) is 5.13. The number of hydrogen-bond acceptors (Lipinski definition) is 3. The molecule has 0 saturated heterocycles. The summed E-state index contributed by atoms with van der Waals surface area (Å²) in [7, 11) is 1.77. The highest BCUT2D eigenvalue weighted by Crippen LogP contribution is 2.35. The summed E-state index contributed by atoms with van der Waals surface area (Å²) in [5, 5.41) is 7.42. The summed E-state index contributed by atoms with van der Waals surface area (Å²) in [6.07, 6.45) is 5.03. The maximum atomic E-state index is 12.3. The highest BCUT2D eigenvalue weighted by Gasteiger charge is 2.37. The maximum absolute atomic E-state index is 12.3. The fraction of sp³-hybridized carbons (Fsp3) is 0.692.